The molecule has 2 aliphatic rings. The Labute approximate surface area is 100 Å². The van der Waals surface area contributed by atoms with Crippen molar-refractivity contribution >= 4 is 5.95 Å². The summed E-state index contributed by atoms with van der Waals surface area (Å²) in [5.74, 6) is 1.40. The van der Waals surface area contributed by atoms with Gasteiger partial charge in [-0.15, -0.1) is 0 Å². The van der Waals surface area contributed by atoms with Gasteiger partial charge in [0.25, 0.3) is 0 Å². The number of nitriles is 1. The van der Waals surface area contributed by atoms with Crippen LogP contribution < -0.4 is 10.2 Å². The number of fused-ring (bicyclic) bond motifs is 1. The predicted octanol–water partition coefficient (Wildman–Crippen LogP) is 0.536. The number of nitrogens with one attached hydrogen (secondary N) is 1. The number of nitrogens with zero attached hydrogens (tertiary/aromatic N) is 4. The number of hydrogen-bond donors (Lipinski definition) is 1. The summed E-state index contributed by atoms with van der Waals surface area (Å²) in [4.78, 5) is 10.7. The van der Waals surface area contributed by atoms with Crippen molar-refractivity contribution in [3.05, 3.63) is 18.0 Å². The first-order chi connectivity index (χ1) is 8.36. The maximum atomic E-state index is 8.84. The van der Waals surface area contributed by atoms with E-state index in [9.17, 15) is 0 Å². The van der Waals surface area contributed by atoms with E-state index in [1.807, 2.05) is 0 Å². The lowest BCUT2D eigenvalue weighted by Gasteiger charge is -2.24. The fourth-order valence-corrected chi connectivity index (χ4v) is 2.77. The number of aromatic nitrogens is 2. The van der Waals surface area contributed by atoms with Gasteiger partial charge in [-0.05, 0) is 31.4 Å². The maximum absolute atomic E-state index is 8.84. The summed E-state index contributed by atoms with van der Waals surface area (Å²) in [6.07, 6.45) is 4.20. The average molecular weight is 229 g/mol. The highest BCUT2D eigenvalue weighted by molar-refractivity contribution is 5.36. The molecule has 0 bridgehead atoms. The fourth-order valence-electron chi connectivity index (χ4n) is 2.77. The molecule has 5 heteroatoms. The highest BCUT2D eigenvalue weighted by Gasteiger charge is 2.35. The summed E-state index contributed by atoms with van der Waals surface area (Å²) in [6.45, 7) is 3.08. The molecule has 2 atom stereocenters. The highest BCUT2D eigenvalue weighted by Crippen LogP contribution is 2.27. The SMILES string of the molecule is N#Cc1ccnc(N2C[C@@H]3CCCN[C@@H]3C2)n1. The minimum absolute atomic E-state index is 0.442. The summed E-state index contributed by atoms with van der Waals surface area (Å²) in [5.41, 5.74) is 0.442. The number of hydrogen-bond acceptors (Lipinski definition) is 5. The minimum Gasteiger partial charge on any atom is -0.339 e. The van der Waals surface area contributed by atoms with E-state index in [4.69, 9.17) is 5.26 Å². The first-order valence-electron chi connectivity index (χ1n) is 6.08. The molecule has 1 aromatic rings. The van der Waals surface area contributed by atoms with Crippen molar-refractivity contribution < 1.29 is 0 Å². The molecule has 0 amide bonds. The van der Waals surface area contributed by atoms with Gasteiger partial charge >= 0.3 is 0 Å². The van der Waals surface area contributed by atoms with E-state index in [-0.39, 0.29) is 0 Å². The molecule has 2 saturated heterocycles. The molecule has 0 radical (unpaired) electrons. The van der Waals surface area contributed by atoms with E-state index >= 15 is 0 Å². The zero-order chi connectivity index (χ0) is 11.7. The normalized spacial score (nSPS) is 27.6. The Hall–Kier alpha value is -1.67. The van der Waals surface area contributed by atoms with Crippen LogP contribution >= 0.6 is 0 Å². The van der Waals surface area contributed by atoms with Crippen LogP contribution in [0, 0.1) is 17.2 Å². The molecule has 2 aliphatic heterocycles. The predicted molar refractivity (Wildman–Crippen MR) is 63.5 cm³/mol. The second kappa shape index (κ2) is 4.30. The molecule has 5 nitrogen and oxygen atoms in total. The average Bonchev–Trinajstić information content (AvgIpc) is 2.82. The fraction of sp³-hybridized carbons (Fsp3) is 0.583. The maximum Gasteiger partial charge on any atom is 0.226 e. The highest BCUT2D eigenvalue weighted by atomic mass is 15.3. The second-order valence-corrected chi connectivity index (χ2v) is 4.72. The van der Waals surface area contributed by atoms with Crippen molar-refractivity contribution in [2.45, 2.75) is 18.9 Å². The van der Waals surface area contributed by atoms with E-state index in [1.165, 1.54) is 12.8 Å². The number of anilines is 1. The summed E-state index contributed by atoms with van der Waals surface area (Å²) >= 11 is 0. The van der Waals surface area contributed by atoms with Crippen LogP contribution in [-0.4, -0.2) is 35.6 Å². The van der Waals surface area contributed by atoms with Crippen LogP contribution in [0.4, 0.5) is 5.95 Å². The van der Waals surface area contributed by atoms with E-state index in [0.29, 0.717) is 23.6 Å². The Balaban J connectivity index is 1.79. The lowest BCUT2D eigenvalue weighted by atomic mass is 9.94. The van der Waals surface area contributed by atoms with Crippen LogP contribution in [0.15, 0.2) is 12.3 Å². The van der Waals surface area contributed by atoms with Crippen LogP contribution in [0.2, 0.25) is 0 Å². The second-order valence-electron chi connectivity index (χ2n) is 4.72. The Kier molecular flexibility index (Phi) is 2.65. The lowest BCUT2D eigenvalue weighted by Crippen LogP contribution is -2.40. The van der Waals surface area contributed by atoms with Crippen molar-refractivity contribution in [2.75, 3.05) is 24.5 Å². The zero-order valence-corrected chi connectivity index (χ0v) is 9.63. The Morgan fingerprint density at radius 1 is 1.47 bits per heavy atom. The van der Waals surface area contributed by atoms with Crippen LogP contribution in [-0.2, 0) is 0 Å². The summed E-state index contributed by atoms with van der Waals surface area (Å²) in [5, 5.41) is 12.4. The third kappa shape index (κ3) is 1.96. The third-order valence-corrected chi connectivity index (χ3v) is 3.64. The van der Waals surface area contributed by atoms with Crippen LogP contribution in [0.1, 0.15) is 18.5 Å². The van der Waals surface area contributed by atoms with Crippen molar-refractivity contribution in [1.82, 2.24) is 15.3 Å². The molecule has 2 fully saturated rings. The minimum atomic E-state index is 0.442. The topological polar surface area (TPSA) is 64.8 Å². The third-order valence-electron chi connectivity index (χ3n) is 3.64. The monoisotopic (exact) mass is 229 g/mol. The molecule has 0 unspecified atom stereocenters. The lowest BCUT2D eigenvalue weighted by molar-refractivity contribution is 0.340. The van der Waals surface area contributed by atoms with Gasteiger partial charge in [0, 0.05) is 25.3 Å². The molecule has 0 aliphatic carbocycles. The van der Waals surface area contributed by atoms with Crippen molar-refractivity contribution in [3.8, 4) is 6.07 Å². The summed E-state index contributed by atoms with van der Waals surface area (Å²) in [6, 6.07) is 4.27. The van der Waals surface area contributed by atoms with Crippen molar-refractivity contribution in [3.63, 3.8) is 0 Å². The molecule has 88 valence electrons. The molecular formula is C12H15N5. The number of rotatable bonds is 1. The van der Waals surface area contributed by atoms with E-state index in [2.05, 4.69) is 26.3 Å². The zero-order valence-electron chi connectivity index (χ0n) is 9.63. The van der Waals surface area contributed by atoms with Crippen LogP contribution in [0.25, 0.3) is 0 Å². The summed E-state index contributed by atoms with van der Waals surface area (Å²) < 4.78 is 0. The molecule has 1 aromatic heterocycles. The summed E-state index contributed by atoms with van der Waals surface area (Å²) in [7, 11) is 0. The van der Waals surface area contributed by atoms with Gasteiger partial charge < -0.3 is 10.2 Å². The number of piperidine rings is 1. The molecule has 1 N–H and O–H groups in total. The molecular weight excluding hydrogens is 214 g/mol. The van der Waals surface area contributed by atoms with Crippen LogP contribution in [0.3, 0.4) is 0 Å². The van der Waals surface area contributed by atoms with Gasteiger partial charge in [0.05, 0.1) is 0 Å². The molecule has 0 spiro atoms. The van der Waals surface area contributed by atoms with E-state index < -0.39 is 0 Å². The standard InChI is InChI=1S/C12H15N5/c13-6-10-3-5-15-12(16-10)17-7-9-2-1-4-14-11(9)8-17/h3,5,9,11,14H,1-2,4,7-8H2/t9-,11+/m0/s1. The van der Waals surface area contributed by atoms with Gasteiger partial charge in [-0.25, -0.2) is 9.97 Å². The largest absolute Gasteiger partial charge is 0.339 e. The molecule has 0 aromatic carbocycles. The van der Waals surface area contributed by atoms with Crippen LogP contribution in [0.5, 0.6) is 0 Å². The smallest absolute Gasteiger partial charge is 0.226 e. The van der Waals surface area contributed by atoms with Gasteiger partial charge in [0.15, 0.2) is 0 Å². The first-order valence-corrected chi connectivity index (χ1v) is 6.08. The van der Waals surface area contributed by atoms with Gasteiger partial charge in [-0.2, -0.15) is 5.26 Å². The molecule has 0 saturated carbocycles. The van der Waals surface area contributed by atoms with Gasteiger partial charge in [0.1, 0.15) is 11.8 Å². The Morgan fingerprint density at radius 3 is 3.24 bits per heavy atom. The molecule has 3 rings (SSSR count). The molecule has 17 heavy (non-hydrogen) atoms. The molecule has 3 heterocycles. The van der Waals surface area contributed by atoms with E-state index in [1.54, 1.807) is 12.3 Å². The van der Waals surface area contributed by atoms with Gasteiger partial charge in [-0.3, -0.25) is 0 Å². The first kappa shape index (κ1) is 10.5. The Bertz CT molecular complexity index is 438. The van der Waals surface area contributed by atoms with Crippen molar-refractivity contribution in [1.29, 1.82) is 5.26 Å². The van der Waals surface area contributed by atoms with Gasteiger partial charge in [-0.1, -0.05) is 0 Å². The Morgan fingerprint density at radius 2 is 2.41 bits per heavy atom. The quantitative estimate of drug-likeness (QED) is 0.761. The van der Waals surface area contributed by atoms with E-state index in [0.717, 1.165) is 19.6 Å². The van der Waals surface area contributed by atoms with Gasteiger partial charge in [0.2, 0.25) is 5.95 Å². The van der Waals surface area contributed by atoms with Crippen molar-refractivity contribution in [2.24, 2.45) is 5.92 Å².